The van der Waals surface area contributed by atoms with E-state index < -0.39 is 38.4 Å². The third kappa shape index (κ3) is 5.08. The molecule has 10 heteroatoms. The second kappa shape index (κ2) is 6.66. The van der Waals surface area contributed by atoms with Crippen LogP contribution in [-0.4, -0.2) is 53.1 Å². The molecule has 7 nitrogen and oxygen atoms in total. The maximum absolute atomic E-state index is 12.1. The fraction of sp³-hybridized carbons (Fsp3) is 0.462. The van der Waals surface area contributed by atoms with E-state index in [2.05, 4.69) is 5.32 Å². The summed E-state index contributed by atoms with van der Waals surface area (Å²) < 4.78 is 47.6. The summed E-state index contributed by atoms with van der Waals surface area (Å²) in [5.41, 5.74) is 0.272. The standard InChI is InChI=1S/C13H17ClN2O5S2/c1-22(18,19)16(12-4-2-3-10(14)7-12)8-13(17)15-11-5-6-23(20,21)9-11/h2-4,7,11H,5-6,8-9H2,1H3,(H,15,17). The summed E-state index contributed by atoms with van der Waals surface area (Å²) in [6.45, 7) is -0.435. The topological polar surface area (TPSA) is 101 Å². The number of rotatable bonds is 5. The summed E-state index contributed by atoms with van der Waals surface area (Å²) in [5, 5.41) is 2.91. The first-order valence-corrected chi connectivity index (χ1v) is 10.8. The average molecular weight is 381 g/mol. The Labute approximate surface area is 140 Å². The number of carbonyl (C=O) groups excluding carboxylic acids is 1. The largest absolute Gasteiger partial charge is 0.351 e. The van der Waals surface area contributed by atoms with Gasteiger partial charge in [0, 0.05) is 11.1 Å². The van der Waals surface area contributed by atoms with E-state index in [4.69, 9.17) is 11.6 Å². The van der Waals surface area contributed by atoms with Gasteiger partial charge in [-0.25, -0.2) is 16.8 Å². The molecular formula is C13H17ClN2O5S2. The van der Waals surface area contributed by atoms with Crippen molar-refractivity contribution in [1.82, 2.24) is 5.32 Å². The Balaban J connectivity index is 2.11. The molecule has 0 radical (unpaired) electrons. The number of nitrogens with zero attached hydrogens (tertiary/aromatic N) is 1. The average Bonchev–Trinajstić information content (AvgIpc) is 2.74. The number of carbonyl (C=O) groups is 1. The van der Waals surface area contributed by atoms with Crippen LogP contribution in [0.5, 0.6) is 0 Å². The van der Waals surface area contributed by atoms with Crippen molar-refractivity contribution in [3.8, 4) is 0 Å². The van der Waals surface area contributed by atoms with E-state index in [9.17, 15) is 21.6 Å². The number of benzene rings is 1. The van der Waals surface area contributed by atoms with Gasteiger partial charge in [-0.15, -0.1) is 0 Å². The van der Waals surface area contributed by atoms with Crippen molar-refractivity contribution in [2.75, 3.05) is 28.6 Å². The van der Waals surface area contributed by atoms with Gasteiger partial charge in [0.25, 0.3) is 0 Å². The van der Waals surface area contributed by atoms with Crippen LogP contribution in [0, 0.1) is 0 Å². The van der Waals surface area contributed by atoms with Crippen LogP contribution in [0.2, 0.25) is 5.02 Å². The van der Waals surface area contributed by atoms with Gasteiger partial charge >= 0.3 is 0 Å². The lowest BCUT2D eigenvalue weighted by Crippen LogP contribution is -2.44. The third-order valence-electron chi connectivity index (χ3n) is 3.38. The molecule has 0 aromatic heterocycles. The van der Waals surface area contributed by atoms with Crippen molar-refractivity contribution < 1.29 is 21.6 Å². The van der Waals surface area contributed by atoms with Gasteiger partial charge in [-0.3, -0.25) is 9.10 Å². The van der Waals surface area contributed by atoms with Crippen molar-refractivity contribution in [1.29, 1.82) is 0 Å². The van der Waals surface area contributed by atoms with Crippen molar-refractivity contribution in [3.05, 3.63) is 29.3 Å². The number of nitrogens with one attached hydrogen (secondary N) is 1. The van der Waals surface area contributed by atoms with E-state index in [0.717, 1.165) is 10.6 Å². The Morgan fingerprint density at radius 2 is 2.13 bits per heavy atom. The zero-order valence-corrected chi connectivity index (χ0v) is 14.8. The number of hydrogen-bond donors (Lipinski definition) is 1. The molecule has 1 unspecified atom stereocenters. The summed E-state index contributed by atoms with van der Waals surface area (Å²) in [6.07, 6.45) is 1.32. The zero-order valence-electron chi connectivity index (χ0n) is 12.4. The SMILES string of the molecule is CS(=O)(=O)N(CC(=O)NC1CCS(=O)(=O)C1)c1cccc(Cl)c1. The highest BCUT2D eigenvalue weighted by atomic mass is 35.5. The molecule has 1 amide bonds. The molecule has 0 spiro atoms. The van der Waals surface area contributed by atoms with Gasteiger partial charge in [0.1, 0.15) is 6.54 Å². The molecule has 1 N–H and O–H groups in total. The number of sulfonamides is 1. The molecule has 23 heavy (non-hydrogen) atoms. The summed E-state index contributed by atoms with van der Waals surface area (Å²) >= 11 is 5.86. The molecule has 1 heterocycles. The molecule has 1 atom stereocenters. The number of anilines is 1. The molecule has 1 aromatic rings. The van der Waals surface area contributed by atoms with Crippen molar-refractivity contribution in [2.45, 2.75) is 12.5 Å². The van der Waals surface area contributed by atoms with Gasteiger partial charge in [0.15, 0.2) is 9.84 Å². The minimum atomic E-state index is -3.69. The van der Waals surface area contributed by atoms with Gasteiger partial charge in [0.2, 0.25) is 15.9 Å². The predicted molar refractivity (Wildman–Crippen MR) is 88.8 cm³/mol. The molecule has 1 saturated heterocycles. The van der Waals surface area contributed by atoms with E-state index in [1.807, 2.05) is 0 Å². The Morgan fingerprint density at radius 3 is 2.65 bits per heavy atom. The highest BCUT2D eigenvalue weighted by Crippen LogP contribution is 2.21. The molecule has 1 aliphatic rings. The minimum Gasteiger partial charge on any atom is -0.351 e. The van der Waals surface area contributed by atoms with E-state index in [-0.39, 0.29) is 17.2 Å². The van der Waals surface area contributed by atoms with Gasteiger partial charge in [-0.05, 0) is 24.6 Å². The Bertz CT molecular complexity index is 807. The molecule has 0 saturated carbocycles. The van der Waals surface area contributed by atoms with Gasteiger partial charge in [-0.1, -0.05) is 17.7 Å². The van der Waals surface area contributed by atoms with Crippen LogP contribution in [0.25, 0.3) is 0 Å². The lowest BCUT2D eigenvalue weighted by Gasteiger charge is -2.23. The van der Waals surface area contributed by atoms with Crippen LogP contribution < -0.4 is 9.62 Å². The quantitative estimate of drug-likeness (QED) is 0.797. The van der Waals surface area contributed by atoms with E-state index in [1.54, 1.807) is 12.1 Å². The molecule has 2 rings (SSSR count). The van der Waals surface area contributed by atoms with Crippen LogP contribution in [0.4, 0.5) is 5.69 Å². The highest BCUT2D eigenvalue weighted by molar-refractivity contribution is 7.92. The first-order valence-electron chi connectivity index (χ1n) is 6.80. The molecule has 1 aromatic carbocycles. The van der Waals surface area contributed by atoms with Crippen molar-refractivity contribution >= 4 is 43.1 Å². The normalized spacial score (nSPS) is 20.2. The van der Waals surface area contributed by atoms with Crippen LogP contribution in [-0.2, 0) is 24.7 Å². The summed E-state index contributed by atoms with van der Waals surface area (Å²) in [6, 6.07) is 5.66. The maximum atomic E-state index is 12.1. The van der Waals surface area contributed by atoms with Crippen molar-refractivity contribution in [3.63, 3.8) is 0 Å². The molecule has 1 aliphatic heterocycles. The molecule has 0 aliphatic carbocycles. The smallest absolute Gasteiger partial charge is 0.241 e. The monoisotopic (exact) mass is 380 g/mol. The fourth-order valence-electron chi connectivity index (χ4n) is 2.34. The Morgan fingerprint density at radius 1 is 1.43 bits per heavy atom. The highest BCUT2D eigenvalue weighted by Gasteiger charge is 2.30. The Kier molecular flexibility index (Phi) is 5.22. The number of amides is 1. The minimum absolute atomic E-state index is 0.0298. The molecule has 1 fully saturated rings. The van der Waals surface area contributed by atoms with Crippen LogP contribution >= 0.6 is 11.6 Å². The number of halogens is 1. The second-order valence-corrected chi connectivity index (χ2v) is 9.99. The number of sulfone groups is 1. The molecular weight excluding hydrogens is 364 g/mol. The maximum Gasteiger partial charge on any atom is 0.241 e. The zero-order chi connectivity index (χ0) is 17.3. The van der Waals surface area contributed by atoms with E-state index >= 15 is 0 Å². The molecule has 0 bridgehead atoms. The van der Waals surface area contributed by atoms with Crippen LogP contribution in [0.1, 0.15) is 6.42 Å². The summed E-state index contributed by atoms with van der Waals surface area (Å²) in [4.78, 5) is 12.1. The van der Waals surface area contributed by atoms with Crippen LogP contribution in [0.15, 0.2) is 24.3 Å². The first-order chi connectivity index (χ1) is 10.6. The third-order valence-corrected chi connectivity index (χ3v) is 6.52. The van der Waals surface area contributed by atoms with Gasteiger partial charge in [0.05, 0.1) is 23.4 Å². The number of hydrogen-bond acceptors (Lipinski definition) is 5. The van der Waals surface area contributed by atoms with Gasteiger partial charge < -0.3 is 5.32 Å². The van der Waals surface area contributed by atoms with E-state index in [1.165, 1.54) is 12.1 Å². The van der Waals surface area contributed by atoms with Crippen LogP contribution in [0.3, 0.4) is 0 Å². The Hall–Kier alpha value is -1.32. The van der Waals surface area contributed by atoms with E-state index in [0.29, 0.717) is 11.4 Å². The fourth-order valence-corrected chi connectivity index (χ4v) is 5.05. The summed E-state index contributed by atoms with van der Waals surface area (Å²) in [5.74, 6) is -0.644. The lowest BCUT2D eigenvalue weighted by molar-refractivity contribution is -0.120. The lowest BCUT2D eigenvalue weighted by atomic mass is 10.2. The first kappa shape index (κ1) is 18.0. The van der Waals surface area contributed by atoms with Crippen molar-refractivity contribution in [2.24, 2.45) is 0 Å². The summed E-state index contributed by atoms with van der Waals surface area (Å²) in [7, 11) is -6.81. The second-order valence-electron chi connectivity index (χ2n) is 5.42. The van der Waals surface area contributed by atoms with Gasteiger partial charge in [-0.2, -0.15) is 0 Å². The predicted octanol–water partition coefficient (Wildman–Crippen LogP) is 0.409. The molecule has 128 valence electrons.